The lowest BCUT2D eigenvalue weighted by atomic mass is 10.2. The van der Waals surface area contributed by atoms with Gasteiger partial charge in [-0.3, -0.25) is 4.79 Å². The van der Waals surface area contributed by atoms with E-state index in [0.29, 0.717) is 29.2 Å². The lowest BCUT2D eigenvalue weighted by Gasteiger charge is -2.16. The van der Waals surface area contributed by atoms with E-state index < -0.39 is 6.10 Å². The molecule has 0 aliphatic rings. The minimum Gasteiger partial charge on any atom is -0.493 e. The maximum absolute atomic E-state index is 12.9. The third-order valence-corrected chi connectivity index (χ3v) is 4.25. The minimum atomic E-state index is -0.686. The molecular weight excluding hydrogens is 360 g/mol. The molecule has 148 valence electrons. The second-order valence-electron chi connectivity index (χ2n) is 6.40. The summed E-state index contributed by atoms with van der Waals surface area (Å²) in [6, 6.07) is 14.8. The van der Waals surface area contributed by atoms with Crippen LogP contribution in [0.4, 0.5) is 5.69 Å². The number of methoxy groups -OCH3 is 2. The van der Waals surface area contributed by atoms with Crippen LogP contribution in [0, 0.1) is 0 Å². The van der Waals surface area contributed by atoms with Crippen LogP contribution in [0.2, 0.25) is 0 Å². The molecule has 0 saturated carbocycles. The standard InChI is InChI=1S/C21H24N2O5/c1-14(24)13-28-23-18-7-5-4-6-16(18)11-17(21(23)25)22-12-15-8-9-19(26-2)20(10-15)27-3/h4-11,14,22,24H,12-13H2,1-3H3. The van der Waals surface area contributed by atoms with Crippen LogP contribution in [-0.2, 0) is 6.54 Å². The zero-order valence-corrected chi connectivity index (χ0v) is 16.1. The fourth-order valence-corrected chi connectivity index (χ4v) is 2.86. The predicted octanol–water partition coefficient (Wildman–Crippen LogP) is 2.44. The molecule has 0 saturated heterocycles. The predicted molar refractivity (Wildman–Crippen MR) is 108 cm³/mol. The quantitative estimate of drug-likeness (QED) is 0.621. The average molecular weight is 384 g/mol. The number of nitrogens with one attached hydrogen (secondary N) is 1. The van der Waals surface area contributed by atoms with Crippen LogP contribution in [0.15, 0.2) is 53.3 Å². The van der Waals surface area contributed by atoms with E-state index in [2.05, 4.69) is 5.32 Å². The van der Waals surface area contributed by atoms with Crippen LogP contribution in [0.3, 0.4) is 0 Å². The van der Waals surface area contributed by atoms with Crippen molar-refractivity contribution in [1.82, 2.24) is 4.73 Å². The number of aliphatic hydroxyl groups excluding tert-OH is 1. The van der Waals surface area contributed by atoms with Gasteiger partial charge < -0.3 is 24.7 Å². The lowest BCUT2D eigenvalue weighted by molar-refractivity contribution is 0.0365. The topological polar surface area (TPSA) is 82.0 Å². The number of benzene rings is 2. The van der Waals surface area contributed by atoms with Crippen molar-refractivity contribution in [2.45, 2.75) is 19.6 Å². The summed E-state index contributed by atoms with van der Waals surface area (Å²) in [5, 5.41) is 13.5. The summed E-state index contributed by atoms with van der Waals surface area (Å²) in [7, 11) is 3.16. The number of aliphatic hydroxyl groups is 1. The minimum absolute atomic E-state index is 0.0169. The van der Waals surface area contributed by atoms with Gasteiger partial charge in [-0.15, -0.1) is 4.73 Å². The van der Waals surface area contributed by atoms with Crippen molar-refractivity contribution in [2.24, 2.45) is 0 Å². The number of hydrogen-bond acceptors (Lipinski definition) is 6. The summed E-state index contributed by atoms with van der Waals surface area (Å²) >= 11 is 0. The Kier molecular flexibility index (Phi) is 6.06. The monoisotopic (exact) mass is 384 g/mol. The number of anilines is 1. The van der Waals surface area contributed by atoms with Gasteiger partial charge in [-0.05, 0) is 36.8 Å². The second-order valence-corrected chi connectivity index (χ2v) is 6.40. The lowest BCUT2D eigenvalue weighted by Crippen LogP contribution is -2.32. The first-order valence-corrected chi connectivity index (χ1v) is 8.94. The normalized spacial score (nSPS) is 11.9. The van der Waals surface area contributed by atoms with Crippen LogP contribution in [0.1, 0.15) is 12.5 Å². The highest BCUT2D eigenvalue weighted by molar-refractivity contribution is 5.82. The summed E-state index contributed by atoms with van der Waals surface area (Å²) in [5.41, 5.74) is 1.66. The largest absolute Gasteiger partial charge is 0.493 e. The molecule has 2 aromatic carbocycles. The van der Waals surface area contributed by atoms with Crippen LogP contribution >= 0.6 is 0 Å². The molecule has 0 aliphatic carbocycles. The van der Waals surface area contributed by atoms with Gasteiger partial charge in [-0.2, -0.15) is 0 Å². The number of para-hydroxylation sites is 1. The summed E-state index contributed by atoms with van der Waals surface area (Å²) in [6.07, 6.45) is -0.686. The number of hydrogen-bond donors (Lipinski definition) is 2. The van der Waals surface area contributed by atoms with Crippen molar-refractivity contribution < 1.29 is 19.4 Å². The van der Waals surface area contributed by atoms with E-state index in [9.17, 15) is 9.90 Å². The molecule has 0 spiro atoms. The van der Waals surface area contributed by atoms with Crippen molar-refractivity contribution in [1.29, 1.82) is 0 Å². The van der Waals surface area contributed by atoms with Gasteiger partial charge in [0.25, 0.3) is 0 Å². The van der Waals surface area contributed by atoms with Gasteiger partial charge in [0.05, 0.1) is 25.8 Å². The van der Waals surface area contributed by atoms with Gasteiger partial charge >= 0.3 is 5.56 Å². The molecule has 0 amide bonds. The molecule has 28 heavy (non-hydrogen) atoms. The molecule has 7 nitrogen and oxygen atoms in total. The molecule has 0 fully saturated rings. The molecule has 3 aromatic rings. The van der Waals surface area contributed by atoms with Crippen molar-refractivity contribution in [3.8, 4) is 11.5 Å². The molecule has 0 aliphatic heterocycles. The summed E-state index contributed by atoms with van der Waals surface area (Å²) in [6.45, 7) is 2.04. The van der Waals surface area contributed by atoms with E-state index in [0.717, 1.165) is 10.9 Å². The van der Waals surface area contributed by atoms with E-state index in [4.69, 9.17) is 14.3 Å². The highest BCUT2D eigenvalue weighted by Gasteiger charge is 2.12. The van der Waals surface area contributed by atoms with Crippen LogP contribution in [0.25, 0.3) is 10.9 Å². The molecule has 0 bridgehead atoms. The van der Waals surface area contributed by atoms with E-state index in [1.165, 1.54) is 4.73 Å². The number of ether oxygens (including phenoxy) is 2. The number of nitrogens with zero attached hydrogens (tertiary/aromatic N) is 1. The maximum Gasteiger partial charge on any atom is 0.306 e. The molecule has 1 unspecified atom stereocenters. The Balaban J connectivity index is 1.91. The fourth-order valence-electron chi connectivity index (χ4n) is 2.86. The molecule has 1 aromatic heterocycles. The maximum atomic E-state index is 12.9. The molecule has 7 heteroatoms. The van der Waals surface area contributed by atoms with Crippen molar-refractivity contribution in [3.63, 3.8) is 0 Å². The molecule has 0 radical (unpaired) electrons. The number of pyridine rings is 1. The highest BCUT2D eigenvalue weighted by atomic mass is 16.7. The summed E-state index contributed by atoms with van der Waals surface area (Å²) in [4.78, 5) is 18.4. The average Bonchev–Trinajstić information content (AvgIpc) is 2.71. The molecule has 1 heterocycles. The van der Waals surface area contributed by atoms with Gasteiger partial charge in [0.2, 0.25) is 0 Å². The van der Waals surface area contributed by atoms with Gasteiger partial charge in [0, 0.05) is 11.9 Å². The molecular formula is C21H24N2O5. The second kappa shape index (κ2) is 8.67. The van der Waals surface area contributed by atoms with E-state index in [-0.39, 0.29) is 12.2 Å². The third kappa shape index (κ3) is 4.20. The SMILES string of the molecule is COc1ccc(CNc2cc3ccccc3n(OCC(C)O)c2=O)cc1OC. The Morgan fingerprint density at radius 2 is 1.82 bits per heavy atom. The Morgan fingerprint density at radius 3 is 2.54 bits per heavy atom. The summed E-state index contributed by atoms with van der Waals surface area (Å²) < 4.78 is 11.8. The third-order valence-electron chi connectivity index (χ3n) is 4.25. The van der Waals surface area contributed by atoms with Gasteiger partial charge in [-0.1, -0.05) is 24.3 Å². The first-order valence-electron chi connectivity index (χ1n) is 8.94. The summed E-state index contributed by atoms with van der Waals surface area (Å²) in [5.74, 6) is 1.27. The Labute approximate surface area is 163 Å². The van der Waals surface area contributed by atoms with Crippen molar-refractivity contribution in [2.75, 3.05) is 26.1 Å². The Morgan fingerprint density at radius 1 is 1.07 bits per heavy atom. The van der Waals surface area contributed by atoms with Gasteiger partial charge in [0.1, 0.15) is 12.3 Å². The van der Waals surface area contributed by atoms with Gasteiger partial charge in [0.15, 0.2) is 11.5 Å². The first-order chi connectivity index (χ1) is 13.5. The van der Waals surface area contributed by atoms with Crippen molar-refractivity contribution >= 4 is 16.6 Å². The van der Waals surface area contributed by atoms with Crippen LogP contribution < -0.4 is 25.2 Å². The zero-order chi connectivity index (χ0) is 20.1. The van der Waals surface area contributed by atoms with Crippen LogP contribution in [0.5, 0.6) is 11.5 Å². The van der Waals surface area contributed by atoms with E-state index in [1.807, 2.05) is 36.4 Å². The van der Waals surface area contributed by atoms with Crippen LogP contribution in [-0.4, -0.2) is 36.8 Å². The van der Waals surface area contributed by atoms with E-state index >= 15 is 0 Å². The zero-order valence-electron chi connectivity index (χ0n) is 16.1. The van der Waals surface area contributed by atoms with E-state index in [1.54, 1.807) is 33.3 Å². The highest BCUT2D eigenvalue weighted by Crippen LogP contribution is 2.27. The number of fused-ring (bicyclic) bond motifs is 1. The number of aromatic nitrogens is 1. The van der Waals surface area contributed by atoms with Gasteiger partial charge in [-0.25, -0.2) is 0 Å². The molecule has 2 N–H and O–H groups in total. The molecule has 3 rings (SSSR count). The van der Waals surface area contributed by atoms with Crippen molar-refractivity contribution in [3.05, 3.63) is 64.4 Å². The Bertz CT molecular complexity index is 1010. The molecule has 1 atom stereocenters. The Hall–Kier alpha value is -3.19. The fraction of sp³-hybridized carbons (Fsp3) is 0.286. The smallest absolute Gasteiger partial charge is 0.306 e. The number of rotatable bonds is 8. The first kappa shape index (κ1) is 19.6.